The molecule has 2 aromatic rings. The van der Waals surface area contributed by atoms with Crippen molar-refractivity contribution in [1.29, 1.82) is 0 Å². The number of hydroxylamine groups is 1. The number of hydrogen-bond acceptors (Lipinski definition) is 8. The number of aryl methyl sites for hydroxylation is 2. The number of nitrogens with one attached hydrogen (secondary N) is 1. The second-order valence-electron chi connectivity index (χ2n) is 11.0. The number of nitrogen functional groups attached to an aromatic ring is 1. The van der Waals surface area contributed by atoms with Gasteiger partial charge < -0.3 is 20.7 Å². The summed E-state index contributed by atoms with van der Waals surface area (Å²) in [6, 6.07) is 5.93. The van der Waals surface area contributed by atoms with Crippen molar-refractivity contribution < 1.29 is 14.4 Å². The smallest absolute Gasteiger partial charge is 0.253 e. The molecule has 0 saturated heterocycles. The van der Waals surface area contributed by atoms with Crippen LogP contribution in [-0.4, -0.2) is 74.7 Å². The zero-order valence-corrected chi connectivity index (χ0v) is 26.1. The summed E-state index contributed by atoms with van der Waals surface area (Å²) in [6.45, 7) is 10.5. The zero-order chi connectivity index (χ0) is 30.6. The molecule has 2 aliphatic rings. The van der Waals surface area contributed by atoms with E-state index in [1.54, 1.807) is 43.4 Å². The number of ether oxygens (including phenoxy) is 1. The highest BCUT2D eigenvalue weighted by Crippen LogP contribution is 2.33. The van der Waals surface area contributed by atoms with Crippen molar-refractivity contribution in [2.24, 2.45) is 0 Å². The molecule has 0 radical (unpaired) electrons. The van der Waals surface area contributed by atoms with Gasteiger partial charge in [0.15, 0.2) is 0 Å². The van der Waals surface area contributed by atoms with Crippen molar-refractivity contribution in [1.82, 2.24) is 20.1 Å². The van der Waals surface area contributed by atoms with Crippen LogP contribution in [0, 0.1) is 13.8 Å². The number of amides is 1. The lowest BCUT2D eigenvalue weighted by Crippen LogP contribution is -2.37. The van der Waals surface area contributed by atoms with Gasteiger partial charge in [0.1, 0.15) is 12.4 Å². The van der Waals surface area contributed by atoms with Crippen LogP contribution < -0.4 is 16.1 Å². The normalized spacial score (nSPS) is 17.1. The van der Waals surface area contributed by atoms with Crippen LogP contribution in [0.25, 0.3) is 11.6 Å². The maximum Gasteiger partial charge on any atom is 0.253 e. The molecule has 4 rings (SSSR count). The van der Waals surface area contributed by atoms with E-state index in [1.807, 2.05) is 45.3 Å². The molecule has 1 atom stereocenters. The van der Waals surface area contributed by atoms with Crippen molar-refractivity contribution in [3.05, 3.63) is 87.7 Å². The first kappa shape index (κ1) is 30.9. The van der Waals surface area contributed by atoms with Gasteiger partial charge in [-0.15, -0.1) is 0 Å². The zero-order valence-electron chi connectivity index (χ0n) is 26.1. The Morgan fingerprint density at radius 3 is 2.67 bits per heavy atom. The van der Waals surface area contributed by atoms with Crippen LogP contribution in [0.15, 0.2) is 59.8 Å². The number of nitrogens with two attached hydrogens (primary N) is 1. The Balaban J connectivity index is 1.53. The van der Waals surface area contributed by atoms with Gasteiger partial charge in [-0.05, 0) is 69.5 Å². The maximum atomic E-state index is 12.5. The number of nitrogens with zero attached hydrogens (tertiary/aromatic N) is 4. The summed E-state index contributed by atoms with van der Waals surface area (Å²) < 4.78 is 5.51. The van der Waals surface area contributed by atoms with Gasteiger partial charge in [0.05, 0.1) is 18.5 Å². The molecule has 9 heteroatoms. The predicted octanol–water partition coefficient (Wildman–Crippen LogP) is 4.91. The quantitative estimate of drug-likeness (QED) is 0.431. The minimum atomic E-state index is -0.0409. The molecule has 0 fully saturated rings. The molecule has 224 valence electrons. The number of likely N-dealkylation sites (N-methyl/N-ethyl adjacent to an activating group) is 1. The van der Waals surface area contributed by atoms with Crippen LogP contribution >= 0.6 is 0 Å². The molecular weight excluding hydrogens is 528 g/mol. The standard InChI is InChI=1S/C33H44N6O3/c1-21(18-27-23(3)36-13-9-30(27)39-16-12-29(35-5)31(41-8)20-42-39)24(4)38-14-10-25(11-15-38)32-22(2)17-26(19-28(32)34)33(40)37(6)7/h9-10,12-13,16-19,24,35H,11,14-15,20,34H2,1-8H3/b21-18+. The molecule has 0 spiro atoms. The fourth-order valence-electron chi connectivity index (χ4n) is 5.50. The molecule has 0 aliphatic carbocycles. The van der Waals surface area contributed by atoms with Crippen molar-refractivity contribution >= 4 is 28.9 Å². The van der Waals surface area contributed by atoms with Crippen LogP contribution in [0.5, 0.6) is 0 Å². The van der Waals surface area contributed by atoms with Crippen LogP contribution in [0.1, 0.15) is 53.0 Å². The van der Waals surface area contributed by atoms with Crippen molar-refractivity contribution in [3.8, 4) is 0 Å². The van der Waals surface area contributed by atoms with Gasteiger partial charge in [0.25, 0.3) is 5.91 Å². The summed E-state index contributed by atoms with van der Waals surface area (Å²) in [6.07, 6.45) is 11.0. The summed E-state index contributed by atoms with van der Waals surface area (Å²) >= 11 is 0. The third-order valence-corrected chi connectivity index (χ3v) is 8.09. The van der Waals surface area contributed by atoms with Crippen molar-refractivity contribution in [2.45, 2.75) is 40.2 Å². The third kappa shape index (κ3) is 6.53. The third-order valence-electron chi connectivity index (χ3n) is 8.09. The lowest BCUT2D eigenvalue weighted by Gasteiger charge is -2.33. The number of allylic oxidation sites excluding steroid dienone is 1. The minimum absolute atomic E-state index is 0.0409. The van der Waals surface area contributed by atoms with E-state index in [1.165, 1.54) is 11.1 Å². The van der Waals surface area contributed by atoms with Crippen LogP contribution in [0.3, 0.4) is 0 Å². The number of pyridine rings is 1. The summed E-state index contributed by atoms with van der Waals surface area (Å²) in [5, 5.41) is 4.94. The summed E-state index contributed by atoms with van der Waals surface area (Å²) in [5.41, 5.74) is 16.0. The van der Waals surface area contributed by atoms with E-state index in [0.29, 0.717) is 17.9 Å². The van der Waals surface area contributed by atoms with Crippen molar-refractivity contribution in [2.75, 3.05) is 58.7 Å². The number of benzene rings is 1. The minimum Gasteiger partial charge on any atom is -0.496 e. The average molecular weight is 573 g/mol. The Hall–Kier alpha value is -4.08. The molecule has 1 aromatic heterocycles. The van der Waals surface area contributed by atoms with Gasteiger partial charge >= 0.3 is 0 Å². The molecule has 0 saturated carbocycles. The second kappa shape index (κ2) is 13.3. The lowest BCUT2D eigenvalue weighted by molar-refractivity contribution is 0.0827. The molecule has 1 aromatic carbocycles. The molecule has 3 N–H and O–H groups in total. The molecule has 9 nitrogen and oxygen atoms in total. The Morgan fingerprint density at radius 1 is 1.29 bits per heavy atom. The van der Waals surface area contributed by atoms with E-state index >= 15 is 0 Å². The van der Waals surface area contributed by atoms with Crippen LogP contribution in [-0.2, 0) is 9.57 Å². The van der Waals surface area contributed by atoms with Gasteiger partial charge in [0.2, 0.25) is 0 Å². The van der Waals surface area contributed by atoms with E-state index in [0.717, 1.165) is 59.0 Å². The second-order valence-corrected chi connectivity index (χ2v) is 11.0. The first-order chi connectivity index (χ1) is 20.0. The van der Waals surface area contributed by atoms with E-state index in [2.05, 4.69) is 41.2 Å². The Morgan fingerprint density at radius 2 is 2.05 bits per heavy atom. The molecule has 42 heavy (non-hydrogen) atoms. The fraction of sp³-hybridized carbons (Fsp3) is 0.394. The highest BCUT2D eigenvalue weighted by molar-refractivity contribution is 5.96. The average Bonchev–Trinajstić information content (AvgIpc) is 3.19. The van der Waals surface area contributed by atoms with Gasteiger partial charge in [-0.2, -0.15) is 0 Å². The molecule has 0 bridgehead atoms. The largest absolute Gasteiger partial charge is 0.496 e. The first-order valence-corrected chi connectivity index (χ1v) is 14.3. The van der Waals surface area contributed by atoms with Crippen LogP contribution in [0.4, 0.5) is 11.4 Å². The van der Waals surface area contributed by atoms with Gasteiger partial charge in [-0.1, -0.05) is 17.7 Å². The van der Waals surface area contributed by atoms with E-state index in [9.17, 15) is 4.79 Å². The number of carbonyl (C=O) groups excluding carboxylic acids is 1. The predicted molar refractivity (Wildman–Crippen MR) is 171 cm³/mol. The maximum absolute atomic E-state index is 12.5. The first-order valence-electron chi connectivity index (χ1n) is 14.3. The highest BCUT2D eigenvalue weighted by Gasteiger charge is 2.23. The summed E-state index contributed by atoms with van der Waals surface area (Å²) in [4.78, 5) is 27.2. The number of aromatic nitrogens is 1. The topological polar surface area (TPSA) is 96.2 Å². The van der Waals surface area contributed by atoms with E-state index in [-0.39, 0.29) is 11.9 Å². The summed E-state index contributed by atoms with van der Waals surface area (Å²) in [7, 11) is 7.02. The molecule has 2 aliphatic heterocycles. The van der Waals surface area contributed by atoms with Gasteiger partial charge in [-0.25, -0.2) is 5.06 Å². The Labute approximate surface area is 249 Å². The van der Waals surface area contributed by atoms with E-state index < -0.39 is 0 Å². The number of carbonyl (C=O) groups is 1. The van der Waals surface area contributed by atoms with E-state index in [4.69, 9.17) is 15.3 Å². The monoisotopic (exact) mass is 572 g/mol. The number of rotatable bonds is 8. The fourth-order valence-corrected chi connectivity index (χ4v) is 5.50. The Bertz CT molecular complexity index is 1430. The molecule has 1 unspecified atom stereocenters. The van der Waals surface area contributed by atoms with Gasteiger partial charge in [-0.3, -0.25) is 19.5 Å². The molecule has 3 heterocycles. The SMILES string of the molecule is CNC1=C(OC)CON(c2ccnc(C)c2/C=C(\C)C(C)N2CC=C(c3c(C)cc(C(=O)N(C)C)cc3N)CC2)C=C1. The summed E-state index contributed by atoms with van der Waals surface area (Å²) in [5.74, 6) is 0.692. The number of hydrogen-bond donors (Lipinski definition) is 2. The van der Waals surface area contributed by atoms with Crippen LogP contribution in [0.2, 0.25) is 0 Å². The molecular formula is C33H44N6O3. The Kier molecular flexibility index (Phi) is 9.75. The van der Waals surface area contributed by atoms with Gasteiger partial charge in [0, 0.05) is 80.7 Å². The van der Waals surface area contributed by atoms with Crippen molar-refractivity contribution in [3.63, 3.8) is 0 Å². The number of methoxy groups -OCH3 is 1. The molecule has 1 amide bonds. The lowest BCUT2D eigenvalue weighted by atomic mass is 9.91. The number of anilines is 2. The highest BCUT2D eigenvalue weighted by atomic mass is 16.7.